The zero-order valence-corrected chi connectivity index (χ0v) is 13.2. The maximum atomic E-state index is 12.6. The van der Waals surface area contributed by atoms with Crippen LogP contribution in [0.5, 0.6) is 0 Å². The third-order valence-electron chi connectivity index (χ3n) is 4.06. The Balaban J connectivity index is 2.12. The second kappa shape index (κ2) is 6.24. The van der Waals surface area contributed by atoms with Crippen molar-refractivity contribution in [2.24, 2.45) is 11.8 Å². The van der Waals surface area contributed by atoms with E-state index in [2.05, 4.69) is 5.32 Å². The third kappa shape index (κ3) is 3.22. The number of rotatable bonds is 6. The van der Waals surface area contributed by atoms with E-state index in [0.29, 0.717) is 24.0 Å². The van der Waals surface area contributed by atoms with Crippen LogP contribution >= 0.6 is 0 Å². The van der Waals surface area contributed by atoms with E-state index in [4.69, 9.17) is 0 Å². The number of carbonyl (C=O) groups excluding carboxylic acids is 2. The second-order valence-corrected chi connectivity index (χ2v) is 7.84. The van der Waals surface area contributed by atoms with Gasteiger partial charge < -0.3 is 10.2 Å². The fourth-order valence-electron chi connectivity index (χ4n) is 2.76. The SMILES string of the molecule is CCS(=O)CCN1C(=O)C(C2CC2)NC(=O)C1C(C)C. The lowest BCUT2D eigenvalue weighted by Crippen LogP contribution is -2.65. The Labute approximate surface area is 122 Å². The molecule has 1 aliphatic carbocycles. The van der Waals surface area contributed by atoms with Crippen molar-refractivity contribution in [3.63, 3.8) is 0 Å². The lowest BCUT2D eigenvalue weighted by Gasteiger charge is -2.41. The predicted octanol–water partition coefficient (Wildman–Crippen LogP) is 0.517. The summed E-state index contributed by atoms with van der Waals surface area (Å²) >= 11 is 0. The Hall–Kier alpha value is -0.910. The van der Waals surface area contributed by atoms with Crippen LogP contribution in [0.4, 0.5) is 0 Å². The molecule has 3 atom stereocenters. The summed E-state index contributed by atoms with van der Waals surface area (Å²) in [6.07, 6.45) is 2.02. The molecular weight excluding hydrogens is 276 g/mol. The minimum Gasteiger partial charge on any atom is -0.342 e. The van der Waals surface area contributed by atoms with E-state index >= 15 is 0 Å². The van der Waals surface area contributed by atoms with Gasteiger partial charge in [-0.25, -0.2) is 0 Å². The maximum Gasteiger partial charge on any atom is 0.246 e. The molecule has 0 aromatic heterocycles. The Morgan fingerprint density at radius 2 is 2.00 bits per heavy atom. The van der Waals surface area contributed by atoms with Crippen LogP contribution in [0.15, 0.2) is 0 Å². The topological polar surface area (TPSA) is 66.5 Å². The summed E-state index contributed by atoms with van der Waals surface area (Å²) in [7, 11) is -0.915. The minimum absolute atomic E-state index is 0.0129. The molecule has 20 heavy (non-hydrogen) atoms. The Bertz CT molecular complexity index is 421. The van der Waals surface area contributed by atoms with Crippen LogP contribution in [0.1, 0.15) is 33.6 Å². The van der Waals surface area contributed by atoms with Crippen LogP contribution in [0.3, 0.4) is 0 Å². The molecule has 3 unspecified atom stereocenters. The van der Waals surface area contributed by atoms with Crippen LogP contribution in [0, 0.1) is 11.8 Å². The van der Waals surface area contributed by atoms with E-state index in [1.165, 1.54) is 0 Å². The number of nitrogens with one attached hydrogen (secondary N) is 1. The maximum absolute atomic E-state index is 12.6. The predicted molar refractivity (Wildman–Crippen MR) is 78.5 cm³/mol. The minimum atomic E-state index is -0.915. The van der Waals surface area contributed by atoms with Crippen molar-refractivity contribution in [1.82, 2.24) is 10.2 Å². The van der Waals surface area contributed by atoms with E-state index in [0.717, 1.165) is 12.8 Å². The molecule has 0 aromatic carbocycles. The highest BCUT2D eigenvalue weighted by Crippen LogP contribution is 2.35. The lowest BCUT2D eigenvalue weighted by molar-refractivity contribution is -0.151. The first-order valence-corrected chi connectivity index (χ1v) is 8.90. The molecule has 2 amide bonds. The van der Waals surface area contributed by atoms with Crippen molar-refractivity contribution in [2.75, 3.05) is 18.1 Å². The molecule has 0 bridgehead atoms. The molecule has 0 aromatic rings. The van der Waals surface area contributed by atoms with Gasteiger partial charge in [-0.1, -0.05) is 20.8 Å². The Morgan fingerprint density at radius 3 is 2.50 bits per heavy atom. The molecule has 6 heteroatoms. The fourth-order valence-corrected chi connectivity index (χ4v) is 3.45. The van der Waals surface area contributed by atoms with Crippen molar-refractivity contribution in [1.29, 1.82) is 0 Å². The molecule has 1 heterocycles. The Morgan fingerprint density at radius 1 is 1.35 bits per heavy atom. The molecule has 2 fully saturated rings. The zero-order valence-electron chi connectivity index (χ0n) is 12.4. The number of hydrogen-bond donors (Lipinski definition) is 1. The van der Waals surface area contributed by atoms with Gasteiger partial charge in [-0.2, -0.15) is 0 Å². The van der Waals surface area contributed by atoms with Gasteiger partial charge in [0.05, 0.1) is 0 Å². The first-order chi connectivity index (χ1) is 9.45. The number of hydrogen-bond acceptors (Lipinski definition) is 3. The Kier molecular flexibility index (Phi) is 4.83. The first-order valence-electron chi connectivity index (χ1n) is 7.41. The van der Waals surface area contributed by atoms with Gasteiger partial charge >= 0.3 is 0 Å². The van der Waals surface area contributed by atoms with Gasteiger partial charge in [-0.05, 0) is 24.7 Å². The molecule has 114 valence electrons. The summed E-state index contributed by atoms with van der Waals surface area (Å²) in [5.41, 5.74) is 0. The third-order valence-corrected chi connectivity index (χ3v) is 5.34. The second-order valence-electron chi connectivity index (χ2n) is 5.98. The van der Waals surface area contributed by atoms with Gasteiger partial charge in [-0.15, -0.1) is 0 Å². The smallest absolute Gasteiger partial charge is 0.246 e. The molecule has 5 nitrogen and oxygen atoms in total. The number of piperazine rings is 1. The molecule has 1 saturated heterocycles. The van der Waals surface area contributed by atoms with Gasteiger partial charge in [0.15, 0.2) is 0 Å². The molecule has 0 spiro atoms. The fraction of sp³-hybridized carbons (Fsp3) is 0.857. The van der Waals surface area contributed by atoms with Crippen LogP contribution in [0.25, 0.3) is 0 Å². The molecular formula is C14H24N2O3S. The standard InChI is InChI=1S/C14H24N2O3S/c1-4-20(19)8-7-16-12(9(2)3)13(17)15-11(14(16)18)10-5-6-10/h9-12H,4-8H2,1-3H3,(H,15,17). The van der Waals surface area contributed by atoms with Crippen molar-refractivity contribution in [2.45, 2.75) is 45.7 Å². The van der Waals surface area contributed by atoms with E-state index in [1.54, 1.807) is 4.90 Å². The van der Waals surface area contributed by atoms with Crippen LogP contribution < -0.4 is 5.32 Å². The summed E-state index contributed by atoms with van der Waals surface area (Å²) < 4.78 is 11.6. The first kappa shape index (κ1) is 15.5. The van der Waals surface area contributed by atoms with E-state index in [-0.39, 0.29) is 23.8 Å². The molecule has 1 saturated carbocycles. The lowest BCUT2D eigenvalue weighted by atomic mass is 9.95. The average molecular weight is 300 g/mol. The van der Waals surface area contributed by atoms with Crippen molar-refractivity contribution >= 4 is 22.6 Å². The summed E-state index contributed by atoms with van der Waals surface area (Å²) in [6.45, 7) is 6.17. The number of carbonyl (C=O) groups is 2. The summed E-state index contributed by atoms with van der Waals surface area (Å²) in [4.78, 5) is 26.5. The molecule has 1 aliphatic heterocycles. The summed E-state index contributed by atoms with van der Waals surface area (Å²) in [6, 6.07) is -0.779. The van der Waals surface area contributed by atoms with Gasteiger partial charge in [0.2, 0.25) is 11.8 Å². The molecule has 2 aliphatic rings. The van der Waals surface area contributed by atoms with Crippen LogP contribution in [0.2, 0.25) is 0 Å². The zero-order chi connectivity index (χ0) is 14.9. The van der Waals surface area contributed by atoms with Crippen molar-refractivity contribution in [3.8, 4) is 0 Å². The van der Waals surface area contributed by atoms with Gasteiger partial charge in [-0.3, -0.25) is 13.8 Å². The quantitative estimate of drug-likeness (QED) is 0.777. The average Bonchev–Trinajstić information content (AvgIpc) is 3.22. The van der Waals surface area contributed by atoms with Crippen molar-refractivity contribution < 1.29 is 13.8 Å². The van der Waals surface area contributed by atoms with Gasteiger partial charge in [0, 0.05) is 28.9 Å². The van der Waals surface area contributed by atoms with E-state index in [1.807, 2.05) is 20.8 Å². The molecule has 1 N–H and O–H groups in total. The monoisotopic (exact) mass is 300 g/mol. The van der Waals surface area contributed by atoms with E-state index in [9.17, 15) is 13.8 Å². The largest absolute Gasteiger partial charge is 0.342 e. The van der Waals surface area contributed by atoms with Crippen LogP contribution in [-0.2, 0) is 20.4 Å². The van der Waals surface area contributed by atoms with Gasteiger partial charge in [0.25, 0.3) is 0 Å². The van der Waals surface area contributed by atoms with Crippen molar-refractivity contribution in [3.05, 3.63) is 0 Å². The molecule has 2 rings (SSSR count). The number of amides is 2. The summed E-state index contributed by atoms with van der Waals surface area (Å²) in [5, 5.41) is 2.89. The van der Waals surface area contributed by atoms with E-state index < -0.39 is 16.8 Å². The highest BCUT2D eigenvalue weighted by atomic mass is 32.2. The number of nitrogens with zero attached hydrogens (tertiary/aromatic N) is 1. The summed E-state index contributed by atoms with van der Waals surface area (Å²) in [5.74, 6) is 1.37. The highest BCUT2D eigenvalue weighted by Gasteiger charge is 2.47. The highest BCUT2D eigenvalue weighted by molar-refractivity contribution is 7.84. The molecule has 0 radical (unpaired) electrons. The van der Waals surface area contributed by atoms with Crippen LogP contribution in [-0.4, -0.2) is 51.1 Å². The normalized spacial score (nSPS) is 28.7. The van der Waals surface area contributed by atoms with Gasteiger partial charge in [0.1, 0.15) is 12.1 Å².